The molecule has 1 aromatic rings. The summed E-state index contributed by atoms with van der Waals surface area (Å²) in [6.45, 7) is 2.52. The Hall–Kier alpha value is -1.81. The molecule has 0 fully saturated rings. The summed E-state index contributed by atoms with van der Waals surface area (Å²) in [6.07, 6.45) is 1.26. The third-order valence-corrected chi connectivity index (χ3v) is 2.37. The summed E-state index contributed by atoms with van der Waals surface area (Å²) in [6, 6.07) is 10.0. The van der Waals surface area contributed by atoms with Gasteiger partial charge in [-0.3, -0.25) is 0 Å². The second-order valence-corrected chi connectivity index (χ2v) is 3.64. The van der Waals surface area contributed by atoms with Crippen LogP contribution in [-0.2, 0) is 16.1 Å². The molecule has 0 spiro atoms. The quantitative estimate of drug-likeness (QED) is 0.587. The summed E-state index contributed by atoms with van der Waals surface area (Å²) in [7, 11) is 0. The highest BCUT2D eigenvalue weighted by atomic mass is 16.5. The largest absolute Gasteiger partial charge is 0.453 e. The third kappa shape index (κ3) is 2.61. The van der Waals surface area contributed by atoms with Crippen LogP contribution in [0.15, 0.2) is 42.1 Å². The topological polar surface area (TPSA) is 50.4 Å². The van der Waals surface area contributed by atoms with E-state index in [1.807, 2.05) is 37.3 Å². The summed E-state index contributed by atoms with van der Waals surface area (Å²) < 4.78 is 4.94. The lowest BCUT2D eigenvalue weighted by Gasteiger charge is -2.12. The van der Waals surface area contributed by atoms with Crippen LogP contribution in [0.5, 0.6) is 0 Å². The molecule has 1 unspecified atom stereocenters. The van der Waals surface area contributed by atoms with Crippen molar-refractivity contribution in [2.45, 2.75) is 19.6 Å². The molecule has 0 amide bonds. The Morgan fingerprint density at radius 1 is 1.31 bits per heavy atom. The molecule has 4 nitrogen and oxygen atoms in total. The second kappa shape index (κ2) is 4.81. The summed E-state index contributed by atoms with van der Waals surface area (Å²) in [5.41, 5.74) is 7.96. The van der Waals surface area contributed by atoms with Crippen LogP contribution in [0.25, 0.3) is 0 Å². The molecule has 0 aliphatic carbocycles. The van der Waals surface area contributed by atoms with E-state index < -0.39 is 0 Å². The van der Waals surface area contributed by atoms with Gasteiger partial charge in [-0.15, -0.1) is 0 Å². The lowest BCUT2D eigenvalue weighted by molar-refractivity contribution is -0.138. The number of ether oxygens (including phenoxy) is 1. The van der Waals surface area contributed by atoms with Gasteiger partial charge in [0.1, 0.15) is 6.10 Å². The number of rotatable bonds is 4. The maximum Gasteiger partial charge on any atom is 0.333 e. The maximum absolute atomic E-state index is 10.9. The van der Waals surface area contributed by atoms with Gasteiger partial charge in [-0.1, -0.05) is 30.3 Å². The van der Waals surface area contributed by atoms with E-state index in [0.717, 1.165) is 5.70 Å². The zero-order valence-electron chi connectivity index (χ0n) is 9.07. The van der Waals surface area contributed by atoms with Gasteiger partial charge in [-0.25, -0.2) is 10.2 Å². The Kier molecular flexibility index (Phi) is 3.22. The Balaban J connectivity index is 1.81. The van der Waals surface area contributed by atoms with Crippen molar-refractivity contribution in [2.75, 3.05) is 0 Å². The number of nitrogens with one attached hydrogen (secondary N) is 2. The zero-order chi connectivity index (χ0) is 11.4. The Bertz CT molecular complexity index is 401. The minimum atomic E-state index is -0.295. The highest BCUT2D eigenvalue weighted by Gasteiger charge is 2.21. The number of hydrogen-bond donors (Lipinski definition) is 2. The number of hydrogen-bond acceptors (Lipinski definition) is 4. The van der Waals surface area contributed by atoms with Gasteiger partial charge in [0.2, 0.25) is 0 Å². The van der Waals surface area contributed by atoms with E-state index in [1.165, 1.54) is 11.6 Å². The highest BCUT2D eigenvalue weighted by molar-refractivity contribution is 5.85. The average molecular weight is 218 g/mol. The van der Waals surface area contributed by atoms with Crippen LogP contribution in [-0.4, -0.2) is 12.1 Å². The first kappa shape index (κ1) is 10.7. The Morgan fingerprint density at radius 3 is 2.69 bits per heavy atom. The van der Waals surface area contributed by atoms with Crippen LogP contribution in [0.3, 0.4) is 0 Å². The van der Waals surface area contributed by atoms with Gasteiger partial charge in [0.25, 0.3) is 0 Å². The van der Waals surface area contributed by atoms with Crippen LogP contribution in [0.1, 0.15) is 12.5 Å². The Morgan fingerprint density at radius 2 is 2.06 bits per heavy atom. The molecule has 16 heavy (non-hydrogen) atoms. The molecule has 1 aromatic carbocycles. The lowest BCUT2D eigenvalue weighted by Crippen LogP contribution is -2.33. The summed E-state index contributed by atoms with van der Waals surface area (Å²) in [4.78, 5) is 10.9. The molecule has 1 atom stereocenters. The van der Waals surface area contributed by atoms with E-state index in [4.69, 9.17) is 4.74 Å². The molecular weight excluding hydrogens is 204 g/mol. The molecule has 2 N–H and O–H groups in total. The van der Waals surface area contributed by atoms with E-state index >= 15 is 0 Å². The van der Waals surface area contributed by atoms with E-state index in [9.17, 15) is 4.79 Å². The number of carbonyl (C=O) groups is 1. The second-order valence-electron chi connectivity index (χ2n) is 3.64. The van der Waals surface area contributed by atoms with Gasteiger partial charge in [-0.05, 0) is 12.5 Å². The molecule has 1 heterocycles. The zero-order valence-corrected chi connectivity index (χ0v) is 9.07. The minimum Gasteiger partial charge on any atom is -0.453 e. The van der Waals surface area contributed by atoms with Gasteiger partial charge in [-0.2, -0.15) is 0 Å². The minimum absolute atomic E-state index is 0.198. The molecule has 0 saturated carbocycles. The van der Waals surface area contributed by atoms with E-state index in [2.05, 4.69) is 10.9 Å². The third-order valence-electron chi connectivity index (χ3n) is 2.37. The molecule has 4 heteroatoms. The first-order valence-electron chi connectivity index (χ1n) is 5.21. The predicted molar refractivity (Wildman–Crippen MR) is 60.1 cm³/mol. The maximum atomic E-state index is 10.9. The van der Waals surface area contributed by atoms with Crippen molar-refractivity contribution in [1.29, 1.82) is 0 Å². The van der Waals surface area contributed by atoms with Gasteiger partial charge in [0.05, 0.1) is 5.70 Å². The molecule has 0 bridgehead atoms. The smallest absolute Gasteiger partial charge is 0.333 e. The molecule has 2 rings (SSSR count). The fraction of sp³-hybridized carbons (Fsp3) is 0.250. The average Bonchev–Trinajstić information content (AvgIpc) is 2.59. The number of carbonyl (C=O) groups excluding carboxylic acids is 1. The van der Waals surface area contributed by atoms with E-state index in [-0.39, 0.29) is 12.1 Å². The number of cyclic esters (lactones) is 1. The highest BCUT2D eigenvalue weighted by Crippen LogP contribution is 2.10. The Labute approximate surface area is 94.3 Å². The SMILES string of the molecule is CC1OC(=O)C=C1NNCc1ccccc1. The van der Waals surface area contributed by atoms with Crippen molar-refractivity contribution in [2.24, 2.45) is 0 Å². The standard InChI is InChI=1S/C12H14N2O2/c1-9-11(7-12(15)16-9)14-13-8-10-5-3-2-4-6-10/h2-7,9,13-14H,8H2,1H3. The van der Waals surface area contributed by atoms with Crippen molar-refractivity contribution >= 4 is 5.97 Å². The van der Waals surface area contributed by atoms with Crippen LogP contribution in [0.2, 0.25) is 0 Å². The van der Waals surface area contributed by atoms with Gasteiger partial charge < -0.3 is 10.2 Å². The van der Waals surface area contributed by atoms with Crippen molar-refractivity contribution < 1.29 is 9.53 Å². The van der Waals surface area contributed by atoms with Crippen molar-refractivity contribution in [3.8, 4) is 0 Å². The van der Waals surface area contributed by atoms with Crippen molar-refractivity contribution in [1.82, 2.24) is 10.9 Å². The van der Waals surface area contributed by atoms with Gasteiger partial charge in [0, 0.05) is 12.6 Å². The first-order valence-corrected chi connectivity index (χ1v) is 5.21. The molecule has 0 aromatic heterocycles. The van der Waals surface area contributed by atoms with Gasteiger partial charge in [0.15, 0.2) is 0 Å². The molecule has 0 saturated heterocycles. The molecule has 84 valence electrons. The fourth-order valence-corrected chi connectivity index (χ4v) is 1.50. The number of hydrazine groups is 1. The summed E-state index contributed by atoms with van der Waals surface area (Å²) in [5, 5.41) is 0. The van der Waals surface area contributed by atoms with E-state index in [0.29, 0.717) is 6.54 Å². The predicted octanol–water partition coefficient (Wildman–Crippen LogP) is 1.11. The molecular formula is C12H14N2O2. The molecule has 1 aliphatic rings. The van der Waals surface area contributed by atoms with Crippen LogP contribution in [0, 0.1) is 0 Å². The van der Waals surface area contributed by atoms with Crippen LogP contribution < -0.4 is 10.9 Å². The monoisotopic (exact) mass is 218 g/mol. The van der Waals surface area contributed by atoms with Crippen molar-refractivity contribution in [3.05, 3.63) is 47.7 Å². The van der Waals surface area contributed by atoms with Crippen LogP contribution in [0.4, 0.5) is 0 Å². The normalized spacial score (nSPS) is 19.2. The fourth-order valence-electron chi connectivity index (χ4n) is 1.50. The first-order chi connectivity index (χ1) is 7.75. The number of benzene rings is 1. The molecule has 1 aliphatic heterocycles. The van der Waals surface area contributed by atoms with Gasteiger partial charge >= 0.3 is 5.97 Å². The van der Waals surface area contributed by atoms with Crippen molar-refractivity contribution in [3.63, 3.8) is 0 Å². The lowest BCUT2D eigenvalue weighted by atomic mass is 10.2. The number of esters is 1. The van der Waals surface area contributed by atoms with Crippen LogP contribution >= 0.6 is 0 Å². The summed E-state index contributed by atoms with van der Waals surface area (Å²) in [5.74, 6) is -0.295. The van der Waals surface area contributed by atoms with E-state index in [1.54, 1.807) is 0 Å². The molecule has 0 radical (unpaired) electrons. The summed E-state index contributed by atoms with van der Waals surface area (Å²) >= 11 is 0.